The molecule has 1 aromatic rings. The fourth-order valence-electron chi connectivity index (χ4n) is 4.30. The SMILES string of the molecule is CC1(C)C2OCCCC2C1(N)C(=O)Nc1ccc2c(c1)OC(F)(F)O2.Cl. The van der Waals surface area contributed by atoms with Crippen molar-refractivity contribution >= 4 is 24.0 Å². The zero-order valence-corrected chi connectivity index (χ0v) is 15.2. The van der Waals surface area contributed by atoms with Crippen LogP contribution in [0.5, 0.6) is 11.5 Å². The molecule has 2 aliphatic heterocycles. The summed E-state index contributed by atoms with van der Waals surface area (Å²) < 4.78 is 40.8. The van der Waals surface area contributed by atoms with Crippen molar-refractivity contribution in [2.45, 2.75) is 44.6 Å². The average Bonchev–Trinajstić information content (AvgIpc) is 2.87. The first kappa shape index (κ1) is 19.1. The van der Waals surface area contributed by atoms with E-state index in [4.69, 9.17) is 10.5 Å². The summed E-state index contributed by atoms with van der Waals surface area (Å²) in [5, 5.41) is 2.73. The number of anilines is 1. The van der Waals surface area contributed by atoms with E-state index in [-0.39, 0.29) is 41.8 Å². The van der Waals surface area contributed by atoms with Gasteiger partial charge in [-0.1, -0.05) is 13.8 Å². The summed E-state index contributed by atoms with van der Waals surface area (Å²) in [6, 6.07) is 4.11. The molecule has 1 aliphatic carbocycles. The zero-order chi connectivity index (χ0) is 18.0. The van der Waals surface area contributed by atoms with E-state index in [0.717, 1.165) is 12.8 Å². The van der Waals surface area contributed by atoms with Gasteiger partial charge in [0.1, 0.15) is 5.54 Å². The van der Waals surface area contributed by atoms with Crippen LogP contribution in [0.3, 0.4) is 0 Å². The number of carbonyl (C=O) groups is 1. The topological polar surface area (TPSA) is 82.8 Å². The van der Waals surface area contributed by atoms with Crippen molar-refractivity contribution in [1.29, 1.82) is 0 Å². The molecule has 0 radical (unpaired) electrons. The minimum Gasteiger partial charge on any atom is -0.395 e. The van der Waals surface area contributed by atoms with Crippen molar-refractivity contribution < 1.29 is 27.8 Å². The Morgan fingerprint density at radius 2 is 1.96 bits per heavy atom. The van der Waals surface area contributed by atoms with Crippen molar-refractivity contribution in [2.24, 2.45) is 17.1 Å². The molecule has 1 aromatic carbocycles. The molecule has 2 fully saturated rings. The van der Waals surface area contributed by atoms with Crippen LogP contribution in [-0.2, 0) is 9.53 Å². The highest BCUT2D eigenvalue weighted by molar-refractivity contribution is 6.00. The van der Waals surface area contributed by atoms with E-state index < -0.39 is 17.2 Å². The lowest BCUT2D eigenvalue weighted by Crippen LogP contribution is -2.81. The molecule has 1 saturated heterocycles. The number of amides is 1. The first-order valence-corrected chi connectivity index (χ1v) is 8.27. The molecule has 6 nitrogen and oxygen atoms in total. The molecule has 144 valence electrons. The quantitative estimate of drug-likeness (QED) is 0.811. The number of carbonyl (C=O) groups excluding carboxylic acids is 1. The molecule has 3 aliphatic rings. The van der Waals surface area contributed by atoms with Crippen LogP contribution >= 0.6 is 12.4 Å². The number of hydrogen-bond acceptors (Lipinski definition) is 5. The number of ether oxygens (including phenoxy) is 3. The second-order valence-electron chi connectivity index (χ2n) is 7.41. The number of halogens is 3. The lowest BCUT2D eigenvalue weighted by molar-refractivity contribution is -0.286. The van der Waals surface area contributed by atoms with Crippen molar-refractivity contribution in [3.8, 4) is 11.5 Å². The number of alkyl halides is 2. The summed E-state index contributed by atoms with van der Waals surface area (Å²) in [5.74, 6) is -0.611. The molecule has 1 amide bonds. The van der Waals surface area contributed by atoms with Crippen molar-refractivity contribution in [3.63, 3.8) is 0 Å². The third-order valence-corrected chi connectivity index (χ3v) is 5.72. The molecule has 0 bridgehead atoms. The summed E-state index contributed by atoms with van der Waals surface area (Å²) in [6.45, 7) is 4.51. The normalized spacial score (nSPS) is 32.7. The monoisotopic (exact) mass is 390 g/mol. The molecule has 3 N–H and O–H groups in total. The minimum atomic E-state index is -3.69. The molecule has 3 unspecified atom stereocenters. The van der Waals surface area contributed by atoms with Crippen LogP contribution in [-0.4, -0.2) is 30.5 Å². The van der Waals surface area contributed by atoms with E-state index in [1.54, 1.807) is 0 Å². The van der Waals surface area contributed by atoms with Crippen molar-refractivity contribution in [2.75, 3.05) is 11.9 Å². The largest absolute Gasteiger partial charge is 0.586 e. The summed E-state index contributed by atoms with van der Waals surface area (Å²) in [7, 11) is 0. The van der Waals surface area contributed by atoms with Gasteiger partial charge in [0, 0.05) is 29.7 Å². The van der Waals surface area contributed by atoms with Gasteiger partial charge in [0.05, 0.1) is 6.10 Å². The summed E-state index contributed by atoms with van der Waals surface area (Å²) >= 11 is 0. The number of hydrogen-bond donors (Lipinski definition) is 2. The molecule has 0 aromatic heterocycles. The number of fused-ring (bicyclic) bond motifs is 2. The minimum absolute atomic E-state index is 0. The van der Waals surface area contributed by atoms with E-state index in [1.807, 2.05) is 13.8 Å². The van der Waals surface area contributed by atoms with E-state index in [2.05, 4.69) is 14.8 Å². The van der Waals surface area contributed by atoms with Gasteiger partial charge in [-0.15, -0.1) is 21.2 Å². The van der Waals surface area contributed by atoms with Crippen LogP contribution in [0.2, 0.25) is 0 Å². The maximum Gasteiger partial charge on any atom is 0.586 e. The molecule has 26 heavy (non-hydrogen) atoms. The van der Waals surface area contributed by atoms with Gasteiger partial charge in [-0.25, -0.2) is 0 Å². The van der Waals surface area contributed by atoms with Crippen molar-refractivity contribution in [1.82, 2.24) is 0 Å². The zero-order valence-electron chi connectivity index (χ0n) is 14.4. The Morgan fingerprint density at radius 1 is 1.27 bits per heavy atom. The van der Waals surface area contributed by atoms with Gasteiger partial charge >= 0.3 is 6.29 Å². The standard InChI is InChI=1S/C17H20F2N2O4.ClH/c1-15(2)13-10(4-3-7-23-13)16(15,20)14(22)21-9-5-6-11-12(8-9)25-17(18,19)24-11;/h5-6,8,10,13H,3-4,7,20H2,1-2H3,(H,21,22);1H. The van der Waals surface area contributed by atoms with Gasteiger partial charge in [-0.3, -0.25) is 4.79 Å². The highest BCUT2D eigenvalue weighted by atomic mass is 35.5. The Morgan fingerprint density at radius 3 is 2.69 bits per heavy atom. The predicted octanol–water partition coefficient (Wildman–Crippen LogP) is 2.90. The third kappa shape index (κ3) is 2.54. The molecule has 9 heteroatoms. The van der Waals surface area contributed by atoms with E-state index >= 15 is 0 Å². The number of rotatable bonds is 2. The van der Waals surface area contributed by atoms with E-state index in [9.17, 15) is 13.6 Å². The van der Waals surface area contributed by atoms with Crippen LogP contribution in [0.4, 0.5) is 14.5 Å². The van der Waals surface area contributed by atoms with Crippen LogP contribution < -0.4 is 20.5 Å². The van der Waals surface area contributed by atoms with Crippen molar-refractivity contribution in [3.05, 3.63) is 18.2 Å². The fourth-order valence-corrected chi connectivity index (χ4v) is 4.30. The fraction of sp³-hybridized carbons (Fsp3) is 0.588. The van der Waals surface area contributed by atoms with E-state index in [1.165, 1.54) is 18.2 Å². The van der Waals surface area contributed by atoms with E-state index in [0.29, 0.717) is 12.3 Å². The number of nitrogens with one attached hydrogen (secondary N) is 1. The molecular weight excluding hydrogens is 370 g/mol. The summed E-state index contributed by atoms with van der Waals surface area (Å²) in [5.41, 5.74) is 5.23. The lowest BCUT2D eigenvalue weighted by atomic mass is 9.46. The van der Waals surface area contributed by atoms with Gasteiger partial charge in [0.15, 0.2) is 11.5 Å². The van der Waals surface area contributed by atoms with Crippen LogP contribution in [0, 0.1) is 11.3 Å². The van der Waals surface area contributed by atoms with Crippen LogP contribution in [0.1, 0.15) is 26.7 Å². The van der Waals surface area contributed by atoms with Gasteiger partial charge < -0.3 is 25.3 Å². The first-order valence-electron chi connectivity index (χ1n) is 8.27. The number of benzene rings is 1. The summed E-state index contributed by atoms with van der Waals surface area (Å²) in [4.78, 5) is 12.9. The van der Waals surface area contributed by atoms with Crippen LogP contribution in [0.15, 0.2) is 18.2 Å². The Balaban J connectivity index is 0.00000196. The van der Waals surface area contributed by atoms with Crippen LogP contribution in [0.25, 0.3) is 0 Å². The van der Waals surface area contributed by atoms with Gasteiger partial charge in [0.25, 0.3) is 0 Å². The van der Waals surface area contributed by atoms with Gasteiger partial charge in [-0.2, -0.15) is 0 Å². The Kier molecular flexibility index (Phi) is 4.37. The van der Waals surface area contributed by atoms with Gasteiger partial charge in [-0.05, 0) is 25.0 Å². The predicted molar refractivity (Wildman–Crippen MR) is 91.7 cm³/mol. The Bertz CT molecular complexity index is 745. The molecule has 4 rings (SSSR count). The second kappa shape index (κ2) is 5.94. The highest BCUT2D eigenvalue weighted by Crippen LogP contribution is 2.57. The Hall–Kier alpha value is -1.64. The maximum atomic E-state index is 13.1. The smallest absolute Gasteiger partial charge is 0.395 e. The Labute approximate surface area is 155 Å². The third-order valence-electron chi connectivity index (χ3n) is 5.72. The average molecular weight is 391 g/mol. The molecule has 1 saturated carbocycles. The lowest BCUT2D eigenvalue weighted by Gasteiger charge is -2.65. The number of nitrogens with two attached hydrogens (primary N) is 1. The molecule has 2 heterocycles. The first-order chi connectivity index (χ1) is 11.6. The molecular formula is C17H21ClF2N2O4. The molecule has 3 atom stereocenters. The second-order valence-corrected chi connectivity index (χ2v) is 7.41. The maximum absolute atomic E-state index is 13.1. The summed E-state index contributed by atoms with van der Waals surface area (Å²) in [6.07, 6.45) is -2.05. The molecule has 0 spiro atoms. The highest BCUT2D eigenvalue weighted by Gasteiger charge is 2.70. The van der Waals surface area contributed by atoms with Gasteiger partial charge in [0.2, 0.25) is 5.91 Å².